The van der Waals surface area contributed by atoms with E-state index in [9.17, 15) is 18.0 Å². The van der Waals surface area contributed by atoms with E-state index in [-0.39, 0.29) is 6.42 Å². The molecule has 0 fully saturated rings. The lowest BCUT2D eigenvalue weighted by Crippen LogP contribution is -2.48. The number of ether oxygens (including phenoxy) is 1. The van der Waals surface area contributed by atoms with E-state index in [1.807, 2.05) is 36.4 Å². The van der Waals surface area contributed by atoms with Crippen molar-refractivity contribution in [2.45, 2.75) is 24.2 Å². The molecule has 2 aliphatic heterocycles. The molecule has 2 atom stereocenters. The van der Waals surface area contributed by atoms with Crippen LogP contribution in [0, 0.1) is 6.57 Å². The SMILES string of the molecule is [C-]#[N+]c1cccc(-c2ccc3c(c2)C2(CC(c4ccccc4)O3)N=C(N)N(CC(F)(F)F)C2=O)c1. The molecule has 9 heteroatoms. The molecule has 0 bridgehead atoms. The van der Waals surface area contributed by atoms with Crippen molar-refractivity contribution in [1.82, 2.24) is 4.90 Å². The van der Waals surface area contributed by atoms with E-state index >= 15 is 0 Å². The van der Waals surface area contributed by atoms with Gasteiger partial charge in [0.05, 0.1) is 6.57 Å². The zero-order valence-corrected chi connectivity index (χ0v) is 18.3. The molecule has 0 aliphatic carbocycles. The number of nitrogens with two attached hydrogens (primary N) is 1. The van der Waals surface area contributed by atoms with Gasteiger partial charge in [0.2, 0.25) is 0 Å². The molecule has 0 aromatic heterocycles. The molecular weight excluding hydrogens is 457 g/mol. The molecule has 3 aromatic carbocycles. The van der Waals surface area contributed by atoms with E-state index in [1.54, 1.807) is 36.4 Å². The number of amides is 1. The lowest BCUT2D eigenvalue weighted by atomic mass is 9.79. The molecule has 2 N–H and O–H groups in total. The molecule has 0 saturated heterocycles. The monoisotopic (exact) mass is 476 g/mol. The van der Waals surface area contributed by atoms with Crippen molar-refractivity contribution in [3.8, 4) is 16.9 Å². The molecule has 1 spiro atoms. The van der Waals surface area contributed by atoms with Crippen molar-refractivity contribution in [1.29, 1.82) is 0 Å². The summed E-state index contributed by atoms with van der Waals surface area (Å²) in [5.74, 6) is -0.980. The summed E-state index contributed by atoms with van der Waals surface area (Å²) in [7, 11) is 0. The van der Waals surface area contributed by atoms with E-state index in [4.69, 9.17) is 17.0 Å². The molecule has 6 nitrogen and oxygen atoms in total. The van der Waals surface area contributed by atoms with Crippen molar-refractivity contribution >= 4 is 17.6 Å². The van der Waals surface area contributed by atoms with Crippen molar-refractivity contribution < 1.29 is 22.7 Å². The third-order valence-corrected chi connectivity index (χ3v) is 6.17. The predicted molar refractivity (Wildman–Crippen MR) is 124 cm³/mol. The third-order valence-electron chi connectivity index (χ3n) is 6.17. The zero-order valence-electron chi connectivity index (χ0n) is 18.3. The van der Waals surface area contributed by atoms with Gasteiger partial charge in [-0.2, -0.15) is 13.2 Å². The number of benzene rings is 3. The van der Waals surface area contributed by atoms with Crippen LogP contribution in [0.5, 0.6) is 5.75 Å². The molecule has 176 valence electrons. The van der Waals surface area contributed by atoms with Gasteiger partial charge < -0.3 is 10.5 Å². The molecule has 0 radical (unpaired) electrons. The first kappa shape index (κ1) is 22.5. The van der Waals surface area contributed by atoms with Crippen LogP contribution in [-0.4, -0.2) is 29.5 Å². The predicted octanol–water partition coefficient (Wildman–Crippen LogP) is 5.34. The van der Waals surface area contributed by atoms with Crippen LogP contribution in [0.25, 0.3) is 16.0 Å². The van der Waals surface area contributed by atoms with Crippen molar-refractivity contribution in [2.75, 3.05) is 6.54 Å². The number of fused-ring (bicyclic) bond motifs is 2. The second-order valence-corrected chi connectivity index (χ2v) is 8.43. The number of carbonyl (C=O) groups is 1. The van der Waals surface area contributed by atoms with Crippen LogP contribution in [0.15, 0.2) is 77.8 Å². The number of aliphatic imine (C=N–C) groups is 1. The number of halogens is 3. The maximum atomic E-state index is 13.6. The Morgan fingerprint density at radius 3 is 2.54 bits per heavy atom. The average molecular weight is 476 g/mol. The van der Waals surface area contributed by atoms with Gasteiger partial charge in [-0.25, -0.2) is 9.84 Å². The lowest BCUT2D eigenvalue weighted by Gasteiger charge is -2.37. The number of alkyl halides is 3. The van der Waals surface area contributed by atoms with E-state index in [0.717, 1.165) is 11.1 Å². The summed E-state index contributed by atoms with van der Waals surface area (Å²) in [6.07, 6.45) is -5.27. The fraction of sp³-hybridized carbons (Fsp3) is 0.192. The molecule has 35 heavy (non-hydrogen) atoms. The first-order valence-electron chi connectivity index (χ1n) is 10.8. The molecule has 3 aromatic rings. The van der Waals surface area contributed by atoms with Crippen LogP contribution in [0.4, 0.5) is 18.9 Å². The molecular formula is C26H19F3N4O2. The Labute approximate surface area is 199 Å². The van der Waals surface area contributed by atoms with Gasteiger partial charge in [-0.3, -0.25) is 9.69 Å². The van der Waals surface area contributed by atoms with Gasteiger partial charge in [0.25, 0.3) is 5.91 Å². The third kappa shape index (κ3) is 3.97. The van der Waals surface area contributed by atoms with Crippen LogP contribution in [0.3, 0.4) is 0 Å². The fourth-order valence-electron chi connectivity index (χ4n) is 4.59. The first-order chi connectivity index (χ1) is 16.7. The van der Waals surface area contributed by atoms with Crippen LogP contribution < -0.4 is 10.5 Å². The van der Waals surface area contributed by atoms with Crippen LogP contribution in [-0.2, 0) is 10.3 Å². The molecule has 0 saturated carbocycles. The average Bonchev–Trinajstić information content (AvgIpc) is 3.07. The van der Waals surface area contributed by atoms with Crippen molar-refractivity contribution in [3.63, 3.8) is 0 Å². The number of rotatable bonds is 3. The minimum absolute atomic E-state index is 0.0105. The summed E-state index contributed by atoms with van der Waals surface area (Å²) >= 11 is 0. The number of hydrogen-bond donors (Lipinski definition) is 1. The summed E-state index contributed by atoms with van der Waals surface area (Å²) in [5, 5.41) is 0. The maximum Gasteiger partial charge on any atom is 0.406 e. The van der Waals surface area contributed by atoms with Gasteiger partial charge in [0, 0.05) is 12.0 Å². The molecule has 2 heterocycles. The molecule has 5 rings (SSSR count). The Hall–Kier alpha value is -4.32. The first-order valence-corrected chi connectivity index (χ1v) is 10.8. The largest absolute Gasteiger partial charge is 0.485 e. The van der Waals surface area contributed by atoms with Gasteiger partial charge in [0.15, 0.2) is 17.2 Å². The minimum Gasteiger partial charge on any atom is -0.485 e. The summed E-state index contributed by atoms with van der Waals surface area (Å²) < 4.78 is 46.0. The zero-order chi connectivity index (χ0) is 24.8. The molecule has 1 amide bonds. The van der Waals surface area contributed by atoms with Gasteiger partial charge in [-0.1, -0.05) is 54.6 Å². The minimum atomic E-state index is -4.64. The number of guanidine groups is 1. The number of nitrogens with zero attached hydrogens (tertiary/aromatic N) is 3. The Balaban J connectivity index is 1.66. The highest BCUT2D eigenvalue weighted by molar-refractivity contribution is 6.08. The lowest BCUT2D eigenvalue weighted by molar-refractivity contribution is -0.155. The van der Waals surface area contributed by atoms with Gasteiger partial charge in [-0.05, 0) is 34.9 Å². The van der Waals surface area contributed by atoms with E-state index < -0.39 is 36.2 Å². The quantitative estimate of drug-likeness (QED) is 0.519. The second-order valence-electron chi connectivity index (χ2n) is 8.43. The Morgan fingerprint density at radius 2 is 1.83 bits per heavy atom. The van der Waals surface area contributed by atoms with Crippen LogP contribution >= 0.6 is 0 Å². The highest BCUT2D eigenvalue weighted by atomic mass is 19.4. The maximum absolute atomic E-state index is 13.6. The Morgan fingerprint density at radius 1 is 1.09 bits per heavy atom. The Kier molecular flexibility index (Phi) is 5.24. The van der Waals surface area contributed by atoms with Gasteiger partial charge >= 0.3 is 6.18 Å². The molecule has 2 unspecified atom stereocenters. The summed E-state index contributed by atoms with van der Waals surface area (Å²) in [6.45, 7) is 5.74. The second kappa shape index (κ2) is 8.17. The summed E-state index contributed by atoms with van der Waals surface area (Å²) in [4.78, 5) is 21.9. The van der Waals surface area contributed by atoms with Crippen molar-refractivity contribution in [2.24, 2.45) is 10.7 Å². The highest BCUT2D eigenvalue weighted by Gasteiger charge is 2.56. The fourth-order valence-corrected chi connectivity index (χ4v) is 4.59. The Bertz CT molecular complexity index is 1380. The van der Waals surface area contributed by atoms with Gasteiger partial charge in [-0.15, -0.1) is 0 Å². The molecule has 2 aliphatic rings. The van der Waals surface area contributed by atoms with E-state index in [2.05, 4.69) is 9.84 Å². The summed E-state index contributed by atoms with van der Waals surface area (Å²) in [6, 6.07) is 21.2. The van der Waals surface area contributed by atoms with Crippen LogP contribution in [0.2, 0.25) is 0 Å². The van der Waals surface area contributed by atoms with E-state index in [1.165, 1.54) is 0 Å². The van der Waals surface area contributed by atoms with Crippen molar-refractivity contribution in [3.05, 3.63) is 95.3 Å². The standard InChI is InChI=1S/C26H19F3N4O2/c1-31-19-9-5-8-17(12-19)18-10-11-21-20(13-18)25(14-22(35-21)16-6-3-2-4-7-16)23(34)33(24(30)32-25)15-26(27,28)29/h2-13,22H,14-15H2,(H2,30,32). The number of carbonyl (C=O) groups excluding carboxylic acids is 1. The number of hydrogen-bond acceptors (Lipinski definition) is 4. The topological polar surface area (TPSA) is 72.3 Å². The highest BCUT2D eigenvalue weighted by Crippen LogP contribution is 2.51. The van der Waals surface area contributed by atoms with Crippen LogP contribution in [0.1, 0.15) is 23.7 Å². The smallest absolute Gasteiger partial charge is 0.406 e. The van der Waals surface area contributed by atoms with Gasteiger partial charge in [0.1, 0.15) is 18.4 Å². The summed E-state index contributed by atoms with van der Waals surface area (Å²) in [5.41, 5.74) is 7.16. The van der Waals surface area contributed by atoms with E-state index in [0.29, 0.717) is 27.5 Å². The normalized spacial score (nSPS) is 21.3.